The van der Waals surface area contributed by atoms with E-state index in [0.717, 1.165) is 17.9 Å². The highest BCUT2D eigenvalue weighted by Gasteiger charge is 2.12. The molecular formula is C14H19ClN2. The second kappa shape index (κ2) is 7.32. The molecule has 0 saturated carbocycles. The van der Waals surface area contributed by atoms with Gasteiger partial charge in [-0.15, -0.1) is 12.4 Å². The van der Waals surface area contributed by atoms with Gasteiger partial charge in [0.25, 0.3) is 0 Å². The third-order valence-corrected chi connectivity index (χ3v) is 3.38. The molecule has 0 spiro atoms. The molecule has 17 heavy (non-hydrogen) atoms. The second-order valence-electron chi connectivity index (χ2n) is 4.54. The molecule has 0 bridgehead atoms. The van der Waals surface area contributed by atoms with Gasteiger partial charge in [-0.3, -0.25) is 0 Å². The summed E-state index contributed by atoms with van der Waals surface area (Å²) in [6, 6.07) is 10.1. The molecular weight excluding hydrogens is 232 g/mol. The third kappa shape index (κ3) is 4.38. The molecule has 92 valence electrons. The average Bonchev–Trinajstić information content (AvgIpc) is 2.38. The number of aryl methyl sites for hydroxylation is 1. The fraction of sp³-hybridized carbons (Fsp3) is 0.500. The van der Waals surface area contributed by atoms with Gasteiger partial charge in [-0.05, 0) is 62.4 Å². The van der Waals surface area contributed by atoms with Crippen LogP contribution < -0.4 is 5.32 Å². The zero-order valence-corrected chi connectivity index (χ0v) is 10.8. The molecule has 0 unspecified atom stereocenters. The van der Waals surface area contributed by atoms with Gasteiger partial charge in [-0.25, -0.2) is 0 Å². The summed E-state index contributed by atoms with van der Waals surface area (Å²) in [5, 5.41) is 12.1. The Bertz CT molecular complexity index is 361. The zero-order valence-electron chi connectivity index (χ0n) is 9.98. The summed E-state index contributed by atoms with van der Waals surface area (Å²) in [6.45, 7) is 2.36. The fourth-order valence-corrected chi connectivity index (χ4v) is 2.29. The van der Waals surface area contributed by atoms with Crippen LogP contribution in [-0.4, -0.2) is 13.1 Å². The van der Waals surface area contributed by atoms with Crippen LogP contribution in [0.2, 0.25) is 0 Å². The van der Waals surface area contributed by atoms with Gasteiger partial charge in [-0.2, -0.15) is 5.26 Å². The SMILES string of the molecule is Cl.N#Cc1ccc(CCC2CCNCC2)cc1. The maximum Gasteiger partial charge on any atom is 0.0991 e. The first-order valence-electron chi connectivity index (χ1n) is 6.08. The molecule has 1 aliphatic rings. The predicted molar refractivity (Wildman–Crippen MR) is 72.3 cm³/mol. The standard InChI is InChI=1S/C14H18N2.ClH/c15-11-14-5-3-12(4-6-14)1-2-13-7-9-16-10-8-13;/h3-6,13,16H,1-2,7-10H2;1H. The Morgan fingerprint density at radius 2 is 1.82 bits per heavy atom. The van der Waals surface area contributed by atoms with Crippen LogP contribution in [0.15, 0.2) is 24.3 Å². The maximum absolute atomic E-state index is 8.71. The van der Waals surface area contributed by atoms with Crippen LogP contribution >= 0.6 is 12.4 Å². The number of rotatable bonds is 3. The Kier molecular flexibility index (Phi) is 6.04. The number of hydrogen-bond acceptors (Lipinski definition) is 2. The minimum atomic E-state index is 0. The van der Waals surface area contributed by atoms with Crippen molar-refractivity contribution < 1.29 is 0 Å². The van der Waals surface area contributed by atoms with Crippen molar-refractivity contribution in [1.82, 2.24) is 5.32 Å². The number of piperidine rings is 1. The first-order valence-corrected chi connectivity index (χ1v) is 6.08. The van der Waals surface area contributed by atoms with Crippen molar-refractivity contribution in [2.75, 3.05) is 13.1 Å². The minimum Gasteiger partial charge on any atom is -0.317 e. The lowest BCUT2D eigenvalue weighted by molar-refractivity contribution is 0.354. The van der Waals surface area contributed by atoms with Crippen LogP contribution in [-0.2, 0) is 6.42 Å². The molecule has 1 saturated heterocycles. The molecule has 1 aliphatic heterocycles. The Morgan fingerprint density at radius 1 is 1.18 bits per heavy atom. The summed E-state index contributed by atoms with van der Waals surface area (Å²) in [7, 11) is 0. The van der Waals surface area contributed by atoms with Crippen molar-refractivity contribution >= 4 is 12.4 Å². The van der Waals surface area contributed by atoms with E-state index >= 15 is 0 Å². The highest BCUT2D eigenvalue weighted by atomic mass is 35.5. The molecule has 0 aromatic heterocycles. The van der Waals surface area contributed by atoms with Crippen molar-refractivity contribution in [3.63, 3.8) is 0 Å². The lowest BCUT2D eigenvalue weighted by Gasteiger charge is -2.22. The van der Waals surface area contributed by atoms with Gasteiger partial charge >= 0.3 is 0 Å². The summed E-state index contributed by atoms with van der Waals surface area (Å²) in [5.74, 6) is 0.886. The molecule has 3 heteroatoms. The van der Waals surface area contributed by atoms with Crippen LogP contribution in [0.4, 0.5) is 0 Å². The molecule has 2 rings (SSSR count). The summed E-state index contributed by atoms with van der Waals surface area (Å²) in [4.78, 5) is 0. The second-order valence-corrected chi connectivity index (χ2v) is 4.54. The maximum atomic E-state index is 8.71. The first kappa shape index (κ1) is 14.0. The van der Waals surface area contributed by atoms with Gasteiger partial charge in [0.2, 0.25) is 0 Å². The van der Waals surface area contributed by atoms with Gasteiger partial charge in [0, 0.05) is 0 Å². The number of nitrogens with one attached hydrogen (secondary N) is 1. The molecule has 1 fully saturated rings. The van der Waals surface area contributed by atoms with Crippen molar-refractivity contribution in [2.24, 2.45) is 5.92 Å². The molecule has 1 N–H and O–H groups in total. The molecule has 2 nitrogen and oxygen atoms in total. The van der Waals surface area contributed by atoms with Crippen molar-refractivity contribution in [3.8, 4) is 6.07 Å². The van der Waals surface area contributed by atoms with Crippen molar-refractivity contribution in [2.45, 2.75) is 25.7 Å². The van der Waals surface area contributed by atoms with Crippen LogP contribution in [0.1, 0.15) is 30.4 Å². The number of halogens is 1. The van der Waals surface area contributed by atoms with Crippen LogP contribution in [0.5, 0.6) is 0 Å². The number of nitriles is 1. The normalized spacial score (nSPS) is 15.9. The van der Waals surface area contributed by atoms with E-state index in [9.17, 15) is 0 Å². The lowest BCUT2D eigenvalue weighted by atomic mass is 9.91. The van der Waals surface area contributed by atoms with E-state index < -0.39 is 0 Å². The number of nitrogens with zero attached hydrogens (tertiary/aromatic N) is 1. The van der Waals surface area contributed by atoms with Gasteiger partial charge in [-0.1, -0.05) is 12.1 Å². The monoisotopic (exact) mass is 250 g/mol. The van der Waals surface area contributed by atoms with Gasteiger partial charge in [0.1, 0.15) is 0 Å². The predicted octanol–water partition coefficient (Wildman–Crippen LogP) is 2.91. The molecule has 1 aromatic rings. The Morgan fingerprint density at radius 3 is 2.41 bits per heavy atom. The van der Waals surface area contributed by atoms with Gasteiger partial charge in [0.05, 0.1) is 11.6 Å². The molecule has 0 radical (unpaired) electrons. The summed E-state index contributed by atoms with van der Waals surface area (Å²) < 4.78 is 0. The number of hydrogen-bond donors (Lipinski definition) is 1. The quantitative estimate of drug-likeness (QED) is 0.896. The van der Waals surface area contributed by atoms with Crippen LogP contribution in [0.3, 0.4) is 0 Å². The first-order chi connectivity index (χ1) is 7.88. The largest absolute Gasteiger partial charge is 0.317 e. The van der Waals surface area contributed by atoms with E-state index in [1.54, 1.807) is 0 Å². The van der Waals surface area contributed by atoms with E-state index in [4.69, 9.17) is 5.26 Å². The van der Waals surface area contributed by atoms with Gasteiger partial charge < -0.3 is 5.32 Å². The Labute approximate surface area is 109 Å². The Hall–Kier alpha value is -1.04. The molecule has 0 aliphatic carbocycles. The summed E-state index contributed by atoms with van der Waals surface area (Å²) >= 11 is 0. The summed E-state index contributed by atoms with van der Waals surface area (Å²) in [5.41, 5.74) is 2.11. The highest BCUT2D eigenvalue weighted by Crippen LogP contribution is 2.18. The fourth-order valence-electron chi connectivity index (χ4n) is 2.29. The third-order valence-electron chi connectivity index (χ3n) is 3.38. The minimum absolute atomic E-state index is 0. The molecule has 0 atom stereocenters. The average molecular weight is 251 g/mol. The molecule has 1 aromatic carbocycles. The van der Waals surface area contributed by atoms with Crippen molar-refractivity contribution in [1.29, 1.82) is 5.26 Å². The molecule has 1 heterocycles. The number of benzene rings is 1. The van der Waals surface area contributed by atoms with Crippen LogP contribution in [0.25, 0.3) is 0 Å². The van der Waals surface area contributed by atoms with E-state index in [0.29, 0.717) is 0 Å². The lowest BCUT2D eigenvalue weighted by Crippen LogP contribution is -2.27. The van der Waals surface area contributed by atoms with E-state index in [1.165, 1.54) is 37.9 Å². The van der Waals surface area contributed by atoms with E-state index in [-0.39, 0.29) is 12.4 Å². The van der Waals surface area contributed by atoms with E-state index in [2.05, 4.69) is 23.5 Å². The highest BCUT2D eigenvalue weighted by molar-refractivity contribution is 5.85. The van der Waals surface area contributed by atoms with Gasteiger partial charge in [0.15, 0.2) is 0 Å². The van der Waals surface area contributed by atoms with Crippen LogP contribution in [0, 0.1) is 17.2 Å². The Balaban J connectivity index is 0.00000144. The summed E-state index contributed by atoms with van der Waals surface area (Å²) in [6.07, 6.45) is 5.07. The zero-order chi connectivity index (χ0) is 11.2. The smallest absolute Gasteiger partial charge is 0.0991 e. The molecule has 0 amide bonds. The topological polar surface area (TPSA) is 35.8 Å². The van der Waals surface area contributed by atoms with E-state index in [1.807, 2.05) is 12.1 Å². The van der Waals surface area contributed by atoms with Crippen molar-refractivity contribution in [3.05, 3.63) is 35.4 Å².